The molecular weight excluding hydrogens is 5140 g/mol. The second kappa shape index (κ2) is 2710. The van der Waals surface area contributed by atoms with E-state index in [1.807, 2.05) is 0 Å². The van der Waals surface area contributed by atoms with Gasteiger partial charge in [-0.15, -0.1) is 0 Å². The fourth-order valence-electron chi connectivity index (χ4n) is 0. The molecule has 0 aromatic rings. The first-order chi connectivity index (χ1) is 0. The van der Waals surface area contributed by atoms with Crippen molar-refractivity contribution in [3.05, 3.63) is 0 Å². The van der Waals surface area contributed by atoms with Crippen molar-refractivity contribution in [3.63, 3.8) is 0 Å². The van der Waals surface area contributed by atoms with E-state index in [4.69, 9.17) is 0 Å². The van der Waals surface area contributed by atoms with Crippen LogP contribution < -0.4 is 514 Å². The summed E-state index contributed by atoms with van der Waals surface area (Å²) in [7, 11) is 0. The summed E-state index contributed by atoms with van der Waals surface area (Å²) in [6, 6.07) is 0. The van der Waals surface area contributed by atoms with Crippen molar-refractivity contribution in [3.8, 4) is 0 Å². The van der Waals surface area contributed by atoms with Crippen molar-refractivity contribution >= 4 is 19.8 Å². The summed E-state index contributed by atoms with van der Waals surface area (Å²) in [5, 5.41) is 0. The van der Waals surface area contributed by atoms with E-state index in [1.165, 1.54) is 0 Å². The summed E-state index contributed by atoms with van der Waals surface area (Å²) in [6.07, 6.45) is 0. The predicted octanol–water partition coefficient (Wildman–Crippen LogP) is -86.6. The molecule has 724 valence electrons. The normalized spacial score (nSPS) is 0. The molecule has 0 atom stereocenters. The van der Waals surface area contributed by atoms with Crippen molar-refractivity contribution in [2.24, 2.45) is 0 Å². The van der Waals surface area contributed by atoms with Crippen molar-refractivity contribution < 1.29 is 1340 Å². The van der Waals surface area contributed by atoms with E-state index in [-0.39, 0.29) is 1360 Å². The third kappa shape index (κ3) is 2650. The molecule has 140 N–H and O–H groups in total. The number of rotatable bonds is 0. The zero-order valence-corrected chi connectivity index (χ0v) is 144. The molecule has 0 heterocycles. The minimum absolute atomic E-state index is 0. The Morgan fingerprint density at radius 2 is 0.0481 bits per heavy atom. The topological polar surface area (TPSA) is 2200 Å². The Bertz CT molecular complexity index is 150. The van der Waals surface area contributed by atoms with E-state index in [0.29, 0.717) is 0 Å². The summed E-state index contributed by atoms with van der Waals surface area (Å²) in [5.41, 5.74) is 0. The minimum Gasteiger partial charge on any atom is -0.412 e. The van der Waals surface area contributed by atoms with Gasteiger partial charge in [-0.2, -0.15) is 0 Å². The van der Waals surface area contributed by atoms with Crippen LogP contribution in [0.5, 0.6) is 0 Å². The fourth-order valence-corrected chi connectivity index (χ4v) is 0. The first-order valence-electron chi connectivity index (χ1n) is 0. The molecule has 0 unspecified atom stereocenters. The Hall–Kier alpha value is 28.9. The SMILES string of the molecule is O.O.O.O.O.O.O.O.O.O.O.O.O.O.O.O.O.O.O.O.O.O.O.O.O.O.O.O.O.O.O.O.O.O.O.O.O.O.O.O.O.O.O.O.O.O.O.O.O.O.O.O.O.O.O.O.O.O.O.O.O.O.O.O.O.O.O.O.O.O.[Cu].[Cu].[Cu].[Cu].[K+].[K+].[K+].[K+].[K+].[K+].[K+].[K+].[K+].[K+].[PH].[PH].[W].[W].[W].[W].[W].[W].[W].[W].[W].[W].[W].[W].[W].[W].[W].[W].[W].[W]. The average Bonchev–Trinajstić information content (AvgIpc) is 0. The van der Waals surface area contributed by atoms with Crippen LogP contribution in [-0.4, -0.2) is 383 Å². The Morgan fingerprint density at radius 1 is 0.0481 bits per heavy atom. The molecule has 8 radical (unpaired) electrons. The molecule has 104 heteroatoms. The predicted molar refractivity (Wildman–Crippen MR) is 270 cm³/mol. The van der Waals surface area contributed by atoms with E-state index in [1.54, 1.807) is 0 Å². The van der Waals surface area contributed by atoms with Gasteiger partial charge in [0, 0.05) is 447 Å². The Labute approximate surface area is 1330 Å². The van der Waals surface area contributed by atoms with E-state index in [9.17, 15) is 0 Å². The smallest absolute Gasteiger partial charge is 0.412 e. The molecule has 0 rings (SSSR count). The standard InChI is InChI=1S/4Cu.10K.70H2O.2HP.18W/h;;;;;;;;;;;;;;70*1H2;2*1H;;;;;;;;;;;;;;;;;;/q;;;;10*+1;;;;;;;;;;;;;;;;;;;;;;;;;;;;;;;;;;;;;;;;;;;;;;;;;;;;;;;;;;;;;;;;;;;;;;;;;;;;;;;;;;;;;;;;;;. The molecular formula is H142Cu4K10O70P2W18+10. The van der Waals surface area contributed by atoms with Gasteiger partial charge in [0.05, 0.1) is 0 Å². The van der Waals surface area contributed by atoms with Crippen molar-refractivity contribution in [2.45, 2.75) is 0 Å². The van der Waals surface area contributed by atoms with Gasteiger partial charge in [-0.05, 0) is 0 Å². The molecule has 0 aromatic heterocycles. The van der Waals surface area contributed by atoms with Crippen LogP contribution >= 0.6 is 19.8 Å². The Kier molecular flexibility index (Phi) is 72100. The first kappa shape index (κ1) is 2770. The van der Waals surface area contributed by atoms with E-state index in [2.05, 4.69) is 0 Å². The van der Waals surface area contributed by atoms with Crippen LogP contribution in [0, 0.1) is 0 Å². The Morgan fingerprint density at radius 3 is 0.0481 bits per heavy atom. The van der Waals surface area contributed by atoms with Crippen molar-refractivity contribution in [2.75, 3.05) is 0 Å². The van der Waals surface area contributed by atoms with Gasteiger partial charge in [0.15, 0.2) is 0 Å². The van der Waals surface area contributed by atoms with Crippen LogP contribution in [0.2, 0.25) is 0 Å². The van der Waals surface area contributed by atoms with Crippen LogP contribution in [0.25, 0.3) is 0 Å². The van der Waals surface area contributed by atoms with Crippen LogP contribution in [-0.2, 0) is 447 Å². The summed E-state index contributed by atoms with van der Waals surface area (Å²) >= 11 is 0. The molecule has 0 amide bonds. The maximum Gasteiger partial charge on any atom is 1.00 e. The summed E-state index contributed by atoms with van der Waals surface area (Å²) in [5.74, 6) is 0. The van der Waals surface area contributed by atoms with Crippen molar-refractivity contribution in [1.29, 1.82) is 0 Å². The van der Waals surface area contributed by atoms with E-state index >= 15 is 0 Å². The fraction of sp³-hybridized carbons (Fsp3) is 0. The van der Waals surface area contributed by atoms with E-state index < -0.39 is 0 Å². The molecule has 0 aliphatic carbocycles. The van der Waals surface area contributed by atoms with Gasteiger partial charge < -0.3 is 383 Å². The average molecular weight is 5280 g/mol. The monoisotopic (exact) mass is 5280 g/mol. The Balaban J connectivity index is 0. The first-order valence-corrected chi connectivity index (χ1v) is 0. The van der Waals surface area contributed by atoms with Gasteiger partial charge in [-0.3, -0.25) is 0 Å². The number of hydrogen-bond donors (Lipinski definition) is 0. The van der Waals surface area contributed by atoms with E-state index in [0.717, 1.165) is 0 Å². The molecule has 70 nitrogen and oxygen atoms in total. The van der Waals surface area contributed by atoms with Crippen LogP contribution in [0.15, 0.2) is 0 Å². The summed E-state index contributed by atoms with van der Waals surface area (Å²) in [4.78, 5) is 0. The molecule has 0 saturated carbocycles. The molecule has 0 spiro atoms. The number of hydrogen-bond acceptors (Lipinski definition) is 0. The zero-order chi connectivity index (χ0) is 0. The van der Waals surface area contributed by atoms with Gasteiger partial charge in [0.1, 0.15) is 0 Å². The van der Waals surface area contributed by atoms with Crippen molar-refractivity contribution in [1.82, 2.24) is 0 Å². The third-order valence-electron chi connectivity index (χ3n) is 0. The second-order valence-corrected chi connectivity index (χ2v) is 0. The molecule has 0 fully saturated rings. The minimum atomic E-state index is 0. The molecule has 0 aliphatic rings. The van der Waals surface area contributed by atoms with Crippen LogP contribution in [0.1, 0.15) is 0 Å². The molecule has 0 aromatic carbocycles. The molecule has 0 bridgehead atoms. The third-order valence-corrected chi connectivity index (χ3v) is 0. The van der Waals surface area contributed by atoms with Gasteiger partial charge in [0.25, 0.3) is 0 Å². The molecule has 0 aliphatic heterocycles. The summed E-state index contributed by atoms with van der Waals surface area (Å²) < 4.78 is 0. The van der Waals surface area contributed by atoms with Gasteiger partial charge >= 0.3 is 514 Å². The van der Waals surface area contributed by atoms with Crippen LogP contribution in [0.4, 0.5) is 0 Å². The molecule has 104 heavy (non-hydrogen) atoms. The maximum absolute atomic E-state index is 0. The zero-order valence-electron chi connectivity index (χ0n) is 54.6. The van der Waals surface area contributed by atoms with Gasteiger partial charge in [-0.1, -0.05) is 19.8 Å². The van der Waals surface area contributed by atoms with Crippen LogP contribution in [0.3, 0.4) is 0 Å². The summed E-state index contributed by atoms with van der Waals surface area (Å²) in [6.45, 7) is 0. The van der Waals surface area contributed by atoms with Gasteiger partial charge in [0.2, 0.25) is 0 Å². The quantitative estimate of drug-likeness (QED) is 0.161. The second-order valence-electron chi connectivity index (χ2n) is 0. The van der Waals surface area contributed by atoms with Gasteiger partial charge in [-0.25, -0.2) is 0 Å². The largest absolute Gasteiger partial charge is 1.00 e. The maximum atomic E-state index is 0. The molecule has 0 saturated heterocycles.